The minimum atomic E-state index is -0.527. The van der Waals surface area contributed by atoms with E-state index >= 15 is 0 Å². The second kappa shape index (κ2) is 6.61. The summed E-state index contributed by atoms with van der Waals surface area (Å²) in [6, 6.07) is 6.34. The lowest BCUT2D eigenvalue weighted by molar-refractivity contribution is -0.127. The molecule has 18 heavy (non-hydrogen) atoms. The number of rotatable bonds is 3. The summed E-state index contributed by atoms with van der Waals surface area (Å²) in [4.78, 5) is 33.3. The molecule has 3 N–H and O–H groups in total. The fraction of sp³-hybridized carbons (Fsp3) is 0.182. The van der Waals surface area contributed by atoms with Gasteiger partial charge in [-0.3, -0.25) is 25.2 Å². The molecule has 0 radical (unpaired) electrons. The Morgan fingerprint density at radius 3 is 2.56 bits per heavy atom. The molecule has 0 aromatic heterocycles. The van der Waals surface area contributed by atoms with Crippen LogP contribution in [-0.4, -0.2) is 24.3 Å². The Bertz CT molecular complexity index is 476. The number of hydrogen-bond donors (Lipinski definition) is 3. The third kappa shape index (κ3) is 4.84. The molecule has 3 amide bonds. The van der Waals surface area contributed by atoms with Crippen molar-refractivity contribution < 1.29 is 14.4 Å². The summed E-state index contributed by atoms with van der Waals surface area (Å²) in [5.74, 6) is -1.35. The Balaban J connectivity index is 2.42. The minimum Gasteiger partial charge on any atom is -0.343 e. The Morgan fingerprint density at radius 2 is 1.94 bits per heavy atom. The SMILES string of the molecule is CC(=O)NNC(=O)CNC(=O)c1cccc(Cl)c1. The summed E-state index contributed by atoms with van der Waals surface area (Å²) < 4.78 is 0. The summed E-state index contributed by atoms with van der Waals surface area (Å²) >= 11 is 5.73. The van der Waals surface area contributed by atoms with Gasteiger partial charge in [-0.1, -0.05) is 17.7 Å². The third-order valence-electron chi connectivity index (χ3n) is 1.87. The maximum Gasteiger partial charge on any atom is 0.257 e. The molecule has 1 aromatic rings. The summed E-state index contributed by atoms with van der Waals surface area (Å²) in [5, 5.41) is 2.82. The molecule has 0 aliphatic carbocycles. The van der Waals surface area contributed by atoms with E-state index in [0.717, 1.165) is 0 Å². The maximum atomic E-state index is 11.6. The van der Waals surface area contributed by atoms with Gasteiger partial charge in [0.25, 0.3) is 11.8 Å². The lowest BCUT2D eigenvalue weighted by Gasteiger charge is -2.07. The van der Waals surface area contributed by atoms with Gasteiger partial charge in [-0.05, 0) is 18.2 Å². The third-order valence-corrected chi connectivity index (χ3v) is 2.11. The van der Waals surface area contributed by atoms with Crippen LogP contribution in [0.15, 0.2) is 24.3 Å². The quantitative estimate of drug-likeness (QED) is 0.687. The number of halogens is 1. The average molecular weight is 270 g/mol. The van der Waals surface area contributed by atoms with Crippen LogP contribution < -0.4 is 16.2 Å². The van der Waals surface area contributed by atoms with Crippen molar-refractivity contribution in [1.82, 2.24) is 16.2 Å². The van der Waals surface area contributed by atoms with Crippen LogP contribution in [0, 0.1) is 0 Å². The molecule has 0 aliphatic rings. The average Bonchev–Trinajstić information content (AvgIpc) is 2.33. The number of hydrazine groups is 1. The fourth-order valence-corrected chi connectivity index (χ4v) is 1.28. The van der Waals surface area contributed by atoms with E-state index < -0.39 is 17.7 Å². The van der Waals surface area contributed by atoms with Crippen LogP contribution in [0.3, 0.4) is 0 Å². The molecule has 0 aliphatic heterocycles. The first-order valence-corrected chi connectivity index (χ1v) is 5.46. The largest absolute Gasteiger partial charge is 0.343 e. The summed E-state index contributed by atoms with van der Waals surface area (Å²) in [7, 11) is 0. The molecule has 0 bridgehead atoms. The highest BCUT2D eigenvalue weighted by atomic mass is 35.5. The first-order chi connectivity index (χ1) is 8.49. The molecule has 96 valence electrons. The summed E-state index contributed by atoms with van der Waals surface area (Å²) in [5.41, 5.74) is 4.58. The fourth-order valence-electron chi connectivity index (χ4n) is 1.09. The van der Waals surface area contributed by atoms with Crippen LogP contribution in [0.2, 0.25) is 5.02 Å². The van der Waals surface area contributed by atoms with E-state index in [1.807, 2.05) is 0 Å². The topological polar surface area (TPSA) is 87.3 Å². The van der Waals surface area contributed by atoms with E-state index in [0.29, 0.717) is 10.6 Å². The number of carbonyl (C=O) groups excluding carboxylic acids is 3. The number of benzene rings is 1. The number of hydrogen-bond acceptors (Lipinski definition) is 3. The zero-order valence-electron chi connectivity index (χ0n) is 9.62. The van der Waals surface area contributed by atoms with Crippen molar-refractivity contribution in [2.24, 2.45) is 0 Å². The second-order valence-corrected chi connectivity index (χ2v) is 3.86. The minimum absolute atomic E-state index is 0.244. The Labute approximate surface area is 109 Å². The standard InChI is InChI=1S/C11H12ClN3O3/c1-7(16)14-15-10(17)6-13-11(18)8-3-2-4-9(12)5-8/h2-5H,6H2,1H3,(H,13,18)(H,14,16)(H,15,17). The molecule has 0 saturated carbocycles. The molecule has 0 atom stereocenters. The monoisotopic (exact) mass is 269 g/mol. The van der Waals surface area contributed by atoms with Gasteiger partial charge in [0.15, 0.2) is 0 Å². The van der Waals surface area contributed by atoms with Crippen molar-refractivity contribution in [3.63, 3.8) is 0 Å². The highest BCUT2D eigenvalue weighted by Crippen LogP contribution is 2.10. The van der Waals surface area contributed by atoms with Gasteiger partial charge in [-0.15, -0.1) is 0 Å². The number of nitrogens with one attached hydrogen (secondary N) is 3. The summed E-state index contributed by atoms with van der Waals surface area (Å²) in [6.45, 7) is 1.01. The Morgan fingerprint density at radius 1 is 1.22 bits per heavy atom. The molecule has 1 rings (SSSR count). The molecule has 0 unspecified atom stereocenters. The van der Waals surface area contributed by atoms with E-state index in [2.05, 4.69) is 16.2 Å². The predicted molar refractivity (Wildman–Crippen MR) is 65.7 cm³/mol. The summed E-state index contributed by atoms with van der Waals surface area (Å²) in [6.07, 6.45) is 0. The zero-order valence-corrected chi connectivity index (χ0v) is 10.4. The van der Waals surface area contributed by atoms with Gasteiger partial charge in [-0.25, -0.2) is 0 Å². The van der Waals surface area contributed by atoms with E-state index in [9.17, 15) is 14.4 Å². The normalized spacial score (nSPS) is 9.44. The molecule has 0 spiro atoms. The smallest absolute Gasteiger partial charge is 0.257 e. The molecule has 1 aromatic carbocycles. The van der Waals surface area contributed by atoms with Gasteiger partial charge in [0, 0.05) is 17.5 Å². The van der Waals surface area contributed by atoms with Crippen LogP contribution in [0.25, 0.3) is 0 Å². The van der Waals surface area contributed by atoms with Gasteiger partial charge < -0.3 is 5.32 Å². The lowest BCUT2D eigenvalue weighted by atomic mass is 10.2. The van der Waals surface area contributed by atoms with Gasteiger partial charge in [-0.2, -0.15) is 0 Å². The van der Waals surface area contributed by atoms with Gasteiger partial charge in [0.2, 0.25) is 5.91 Å². The second-order valence-electron chi connectivity index (χ2n) is 3.42. The van der Waals surface area contributed by atoms with Crippen LogP contribution in [0.5, 0.6) is 0 Å². The van der Waals surface area contributed by atoms with Gasteiger partial charge >= 0.3 is 0 Å². The van der Waals surface area contributed by atoms with Crippen LogP contribution in [-0.2, 0) is 9.59 Å². The molecular formula is C11H12ClN3O3. The Hall–Kier alpha value is -2.08. The van der Waals surface area contributed by atoms with E-state index in [4.69, 9.17) is 11.6 Å². The maximum absolute atomic E-state index is 11.6. The molecule has 7 heteroatoms. The predicted octanol–water partition coefficient (Wildman–Crippen LogP) is 0.237. The molecular weight excluding hydrogens is 258 g/mol. The van der Waals surface area contributed by atoms with Gasteiger partial charge in [0.05, 0.1) is 6.54 Å². The highest BCUT2D eigenvalue weighted by Gasteiger charge is 2.08. The molecule has 0 saturated heterocycles. The van der Waals surface area contributed by atoms with Crippen LogP contribution in [0.1, 0.15) is 17.3 Å². The van der Waals surface area contributed by atoms with E-state index in [1.165, 1.54) is 13.0 Å². The van der Waals surface area contributed by atoms with Gasteiger partial charge in [0.1, 0.15) is 0 Å². The van der Waals surface area contributed by atoms with Crippen molar-refractivity contribution in [3.8, 4) is 0 Å². The molecule has 0 fully saturated rings. The van der Waals surface area contributed by atoms with Crippen LogP contribution >= 0.6 is 11.6 Å². The zero-order chi connectivity index (χ0) is 13.5. The number of carbonyl (C=O) groups is 3. The first-order valence-electron chi connectivity index (χ1n) is 5.08. The van der Waals surface area contributed by atoms with Crippen LogP contribution in [0.4, 0.5) is 0 Å². The van der Waals surface area contributed by atoms with Crippen molar-refractivity contribution in [2.45, 2.75) is 6.92 Å². The van der Waals surface area contributed by atoms with Crippen molar-refractivity contribution in [1.29, 1.82) is 0 Å². The first kappa shape index (κ1) is 14.0. The molecule has 0 heterocycles. The van der Waals surface area contributed by atoms with E-state index in [1.54, 1.807) is 18.2 Å². The number of amides is 3. The Kier molecular flexibility index (Phi) is 5.13. The van der Waals surface area contributed by atoms with Crippen molar-refractivity contribution in [3.05, 3.63) is 34.9 Å². The van der Waals surface area contributed by atoms with Crippen molar-refractivity contribution in [2.75, 3.05) is 6.54 Å². The highest BCUT2D eigenvalue weighted by molar-refractivity contribution is 6.30. The van der Waals surface area contributed by atoms with E-state index in [-0.39, 0.29) is 6.54 Å². The molecule has 6 nitrogen and oxygen atoms in total. The van der Waals surface area contributed by atoms with Crippen molar-refractivity contribution >= 4 is 29.3 Å². The lowest BCUT2D eigenvalue weighted by Crippen LogP contribution is -2.45.